The minimum Gasteiger partial charge on any atom is -0.328 e. The lowest BCUT2D eigenvalue weighted by Gasteiger charge is -2.30. The van der Waals surface area contributed by atoms with E-state index in [1.165, 1.54) is 16.2 Å². The molecule has 0 spiro atoms. The van der Waals surface area contributed by atoms with Crippen molar-refractivity contribution in [3.8, 4) is 0 Å². The van der Waals surface area contributed by atoms with Gasteiger partial charge < -0.3 is 9.80 Å². The number of anilines is 1. The Hall–Kier alpha value is -0.980. The molecule has 1 aliphatic rings. The largest absolute Gasteiger partial charge is 0.328 e. The van der Waals surface area contributed by atoms with Crippen molar-refractivity contribution in [2.24, 2.45) is 0 Å². The smallest absolute Gasteiger partial charge is 0.284 e. The van der Waals surface area contributed by atoms with Crippen molar-refractivity contribution in [2.75, 3.05) is 38.5 Å². The first-order valence-electron chi connectivity index (χ1n) is 6.45. The van der Waals surface area contributed by atoms with E-state index in [4.69, 9.17) is 0 Å². The van der Waals surface area contributed by atoms with E-state index in [9.17, 15) is 4.79 Å². The van der Waals surface area contributed by atoms with Crippen molar-refractivity contribution in [1.82, 2.24) is 4.98 Å². The zero-order chi connectivity index (χ0) is 13.1. The predicted octanol–water partition coefficient (Wildman–Crippen LogP) is -1.81. The van der Waals surface area contributed by atoms with E-state index in [2.05, 4.69) is 17.3 Å². The first kappa shape index (κ1) is 13.5. The van der Waals surface area contributed by atoms with Crippen LogP contribution in [0, 0.1) is 6.92 Å². The molecule has 0 aliphatic carbocycles. The molecule has 6 heteroatoms. The molecule has 1 aliphatic heterocycles. The first-order chi connectivity index (χ1) is 8.56. The van der Waals surface area contributed by atoms with Crippen LogP contribution in [-0.4, -0.2) is 50.2 Å². The SMILES string of the molecule is Cc1cnc(NC(=O)[C@@H](C)[NH+]2CC[NH+](C)CC2)s1. The van der Waals surface area contributed by atoms with Gasteiger partial charge in [-0.2, -0.15) is 0 Å². The molecule has 1 atom stereocenters. The molecule has 3 N–H and O–H groups in total. The summed E-state index contributed by atoms with van der Waals surface area (Å²) in [5.41, 5.74) is 0. The van der Waals surface area contributed by atoms with Crippen molar-refractivity contribution in [3.63, 3.8) is 0 Å². The molecular weight excluding hydrogens is 248 g/mol. The summed E-state index contributed by atoms with van der Waals surface area (Å²) in [5, 5.41) is 3.62. The number of aryl methyl sites for hydroxylation is 1. The van der Waals surface area contributed by atoms with Gasteiger partial charge in [0.05, 0.1) is 7.05 Å². The number of hydrogen-bond donors (Lipinski definition) is 3. The molecule has 5 nitrogen and oxygen atoms in total. The Morgan fingerprint density at radius 3 is 2.67 bits per heavy atom. The number of nitrogens with zero attached hydrogens (tertiary/aromatic N) is 1. The van der Waals surface area contributed by atoms with Crippen LogP contribution in [0.2, 0.25) is 0 Å². The Morgan fingerprint density at radius 2 is 2.11 bits per heavy atom. The lowest BCUT2D eigenvalue weighted by Crippen LogP contribution is -3.29. The number of carbonyl (C=O) groups is 1. The maximum atomic E-state index is 12.1. The molecule has 2 rings (SSSR count). The number of piperazine rings is 1. The van der Waals surface area contributed by atoms with E-state index in [1.54, 1.807) is 11.1 Å². The lowest BCUT2D eigenvalue weighted by molar-refractivity contribution is -1.01. The molecular formula is C12H22N4OS+2. The number of likely N-dealkylation sites (N-methyl/N-ethyl adjacent to an activating group) is 1. The van der Waals surface area contributed by atoms with Gasteiger partial charge in [0.25, 0.3) is 5.91 Å². The molecule has 1 aromatic heterocycles. The average Bonchev–Trinajstić information content (AvgIpc) is 2.75. The number of rotatable bonds is 3. The molecule has 18 heavy (non-hydrogen) atoms. The van der Waals surface area contributed by atoms with Gasteiger partial charge in [-0.05, 0) is 13.8 Å². The van der Waals surface area contributed by atoms with Gasteiger partial charge in [-0.1, -0.05) is 0 Å². The maximum absolute atomic E-state index is 12.1. The quantitative estimate of drug-likeness (QED) is 0.606. The topological polar surface area (TPSA) is 50.9 Å². The van der Waals surface area contributed by atoms with Crippen molar-refractivity contribution in [3.05, 3.63) is 11.1 Å². The third-order valence-corrected chi connectivity index (χ3v) is 4.43. The van der Waals surface area contributed by atoms with Crippen molar-refractivity contribution in [2.45, 2.75) is 19.9 Å². The van der Waals surface area contributed by atoms with Crippen LogP contribution in [-0.2, 0) is 4.79 Å². The maximum Gasteiger partial charge on any atom is 0.284 e. The van der Waals surface area contributed by atoms with Crippen LogP contribution >= 0.6 is 11.3 Å². The zero-order valence-electron chi connectivity index (χ0n) is 11.2. The lowest BCUT2D eigenvalue weighted by atomic mass is 10.2. The molecule has 0 unspecified atom stereocenters. The third kappa shape index (κ3) is 3.28. The van der Waals surface area contributed by atoms with Gasteiger partial charge in [0.15, 0.2) is 11.2 Å². The fraction of sp³-hybridized carbons (Fsp3) is 0.667. The molecule has 0 bridgehead atoms. The minimum atomic E-state index is 0.00214. The molecule has 1 saturated heterocycles. The van der Waals surface area contributed by atoms with Crippen molar-refractivity contribution < 1.29 is 14.6 Å². The van der Waals surface area contributed by atoms with Crippen LogP contribution < -0.4 is 15.1 Å². The van der Waals surface area contributed by atoms with Crippen LogP contribution in [0.15, 0.2) is 6.20 Å². The molecule has 0 saturated carbocycles. The number of aromatic nitrogens is 1. The monoisotopic (exact) mass is 270 g/mol. The number of nitrogens with one attached hydrogen (secondary N) is 3. The van der Waals surface area contributed by atoms with E-state index in [0.717, 1.165) is 31.1 Å². The number of amides is 1. The van der Waals surface area contributed by atoms with Crippen molar-refractivity contribution in [1.29, 1.82) is 0 Å². The molecule has 2 heterocycles. The van der Waals surface area contributed by atoms with Crippen LogP contribution in [0.4, 0.5) is 5.13 Å². The Bertz CT molecular complexity index is 412. The molecule has 1 amide bonds. The van der Waals surface area contributed by atoms with Gasteiger partial charge in [-0.25, -0.2) is 4.98 Å². The molecule has 1 fully saturated rings. The van der Waals surface area contributed by atoms with Gasteiger partial charge in [0.1, 0.15) is 26.2 Å². The fourth-order valence-electron chi connectivity index (χ4n) is 2.24. The normalized spacial score (nSPS) is 25.7. The zero-order valence-corrected chi connectivity index (χ0v) is 12.1. The number of hydrogen-bond acceptors (Lipinski definition) is 3. The van der Waals surface area contributed by atoms with Crippen molar-refractivity contribution >= 4 is 22.4 Å². The van der Waals surface area contributed by atoms with Gasteiger partial charge in [0.2, 0.25) is 0 Å². The second kappa shape index (κ2) is 5.77. The van der Waals surface area contributed by atoms with E-state index in [0.29, 0.717) is 5.13 Å². The van der Waals surface area contributed by atoms with Crippen LogP contribution in [0.5, 0.6) is 0 Å². The summed E-state index contributed by atoms with van der Waals surface area (Å²) in [6.45, 7) is 8.41. The van der Waals surface area contributed by atoms with Gasteiger partial charge >= 0.3 is 0 Å². The van der Waals surface area contributed by atoms with E-state index >= 15 is 0 Å². The second-order valence-electron chi connectivity index (χ2n) is 5.10. The van der Waals surface area contributed by atoms with E-state index < -0.39 is 0 Å². The summed E-state index contributed by atoms with van der Waals surface area (Å²) < 4.78 is 0. The van der Waals surface area contributed by atoms with E-state index in [-0.39, 0.29) is 11.9 Å². The van der Waals surface area contributed by atoms with E-state index in [1.807, 2.05) is 13.8 Å². The van der Waals surface area contributed by atoms with Crippen LogP contribution in [0.1, 0.15) is 11.8 Å². The Labute approximate surface area is 112 Å². The number of quaternary nitrogens is 2. The summed E-state index contributed by atoms with van der Waals surface area (Å²) >= 11 is 1.52. The van der Waals surface area contributed by atoms with Gasteiger partial charge in [-0.3, -0.25) is 10.1 Å². The summed E-state index contributed by atoms with van der Waals surface area (Å²) in [5.74, 6) is 0.0823. The highest BCUT2D eigenvalue weighted by atomic mass is 32.1. The molecule has 1 aromatic rings. The highest BCUT2D eigenvalue weighted by Crippen LogP contribution is 2.16. The van der Waals surface area contributed by atoms with Gasteiger partial charge in [-0.15, -0.1) is 11.3 Å². The second-order valence-corrected chi connectivity index (χ2v) is 6.34. The first-order valence-corrected chi connectivity index (χ1v) is 7.27. The number of thiazole rings is 1. The minimum absolute atomic E-state index is 0.00214. The summed E-state index contributed by atoms with van der Waals surface area (Å²) in [6.07, 6.45) is 1.79. The summed E-state index contributed by atoms with van der Waals surface area (Å²) in [6, 6.07) is 0.00214. The summed E-state index contributed by atoms with van der Waals surface area (Å²) in [4.78, 5) is 20.4. The average molecular weight is 270 g/mol. The standard InChI is InChI=1S/C12H20N4OS/c1-9-8-13-12(18-9)14-11(17)10(2)16-6-4-15(3)5-7-16/h8,10H,4-7H2,1-3H3,(H,13,14,17)/p+2/t10-/m1/s1. The molecule has 0 radical (unpaired) electrons. The third-order valence-electron chi connectivity index (χ3n) is 3.60. The summed E-state index contributed by atoms with van der Waals surface area (Å²) in [7, 11) is 2.21. The Morgan fingerprint density at radius 1 is 1.44 bits per heavy atom. The van der Waals surface area contributed by atoms with Gasteiger partial charge in [0, 0.05) is 11.1 Å². The number of carbonyl (C=O) groups excluding carboxylic acids is 1. The highest BCUT2D eigenvalue weighted by molar-refractivity contribution is 7.15. The van der Waals surface area contributed by atoms with Crippen LogP contribution in [0.25, 0.3) is 0 Å². The fourth-order valence-corrected chi connectivity index (χ4v) is 2.91. The molecule has 100 valence electrons. The molecule has 0 aromatic carbocycles. The predicted molar refractivity (Wildman–Crippen MR) is 72.3 cm³/mol. The Balaban J connectivity index is 1.88. The Kier molecular flexibility index (Phi) is 4.31. The highest BCUT2D eigenvalue weighted by Gasteiger charge is 2.29. The van der Waals surface area contributed by atoms with Crippen LogP contribution in [0.3, 0.4) is 0 Å².